The van der Waals surface area contributed by atoms with Gasteiger partial charge in [-0.2, -0.15) is 11.8 Å². The van der Waals surface area contributed by atoms with Gasteiger partial charge in [0.1, 0.15) is 11.5 Å². The topological polar surface area (TPSA) is 130 Å². The third-order valence-electron chi connectivity index (χ3n) is 5.42. The smallest absolute Gasteiger partial charge is 0.339 e. The van der Waals surface area contributed by atoms with Crippen molar-refractivity contribution in [3.63, 3.8) is 0 Å². The number of ketones is 1. The molecule has 0 radical (unpaired) electrons. The molecule has 0 spiro atoms. The molecule has 29 heavy (non-hydrogen) atoms. The summed E-state index contributed by atoms with van der Waals surface area (Å²) >= 11 is 1.31. The van der Waals surface area contributed by atoms with Crippen molar-refractivity contribution in [3.8, 4) is 11.5 Å². The van der Waals surface area contributed by atoms with E-state index in [1.165, 1.54) is 17.8 Å². The fourth-order valence-corrected chi connectivity index (χ4v) is 5.70. The van der Waals surface area contributed by atoms with Crippen molar-refractivity contribution >= 4 is 29.5 Å². The second-order valence-electron chi connectivity index (χ2n) is 7.51. The standard InChI is InChI=1S/C20H24O8S/c1-10-4-3-5-14-17(20(26,9-29-14)19(25)27-2)18(24)16-11(7-15(23)28-10)6-12(21)8-13(16)22/h6,8,10,14,17,21-22,26H,3-5,7,9H2,1-2H3/t10-,14-,17+,20+/m0/s1. The molecule has 158 valence electrons. The predicted octanol–water partition coefficient (Wildman–Crippen LogP) is 1.57. The van der Waals surface area contributed by atoms with Gasteiger partial charge in [0.25, 0.3) is 0 Å². The maximum atomic E-state index is 13.5. The van der Waals surface area contributed by atoms with Crippen molar-refractivity contribution in [1.82, 2.24) is 0 Å². The summed E-state index contributed by atoms with van der Waals surface area (Å²) in [5, 5.41) is 30.9. The van der Waals surface area contributed by atoms with Gasteiger partial charge >= 0.3 is 11.9 Å². The van der Waals surface area contributed by atoms with Crippen LogP contribution in [0.3, 0.4) is 0 Å². The number of esters is 2. The minimum absolute atomic E-state index is 0.0140. The van der Waals surface area contributed by atoms with Crippen LogP contribution in [-0.4, -0.2) is 62.9 Å². The van der Waals surface area contributed by atoms with Gasteiger partial charge in [-0.3, -0.25) is 9.59 Å². The van der Waals surface area contributed by atoms with Crippen LogP contribution in [0.15, 0.2) is 12.1 Å². The number of cyclic esters (lactones) is 1. The van der Waals surface area contributed by atoms with Gasteiger partial charge in [0, 0.05) is 17.1 Å². The fourth-order valence-electron chi connectivity index (χ4n) is 4.06. The van der Waals surface area contributed by atoms with Gasteiger partial charge in [-0.1, -0.05) is 0 Å². The number of thioether (sulfide) groups is 1. The Labute approximate surface area is 172 Å². The Kier molecular flexibility index (Phi) is 6.09. The number of carbonyl (C=O) groups excluding carboxylic acids is 3. The van der Waals surface area contributed by atoms with Crippen LogP contribution in [0.2, 0.25) is 0 Å². The Hall–Kier alpha value is -2.26. The highest BCUT2D eigenvalue weighted by Gasteiger charge is 2.57. The molecular weight excluding hydrogens is 400 g/mol. The van der Waals surface area contributed by atoms with Crippen molar-refractivity contribution < 1.29 is 39.2 Å². The lowest BCUT2D eigenvalue weighted by Gasteiger charge is -2.29. The van der Waals surface area contributed by atoms with Crippen LogP contribution in [0.1, 0.15) is 42.1 Å². The molecule has 9 heteroatoms. The predicted molar refractivity (Wildman–Crippen MR) is 104 cm³/mol. The molecule has 0 bridgehead atoms. The quantitative estimate of drug-likeness (QED) is 0.575. The maximum Gasteiger partial charge on any atom is 0.339 e. The summed E-state index contributed by atoms with van der Waals surface area (Å²) in [5.41, 5.74) is -2.17. The Morgan fingerprint density at radius 2 is 2.00 bits per heavy atom. The van der Waals surface area contributed by atoms with Crippen LogP contribution < -0.4 is 0 Å². The van der Waals surface area contributed by atoms with Crippen molar-refractivity contribution in [1.29, 1.82) is 0 Å². The molecule has 4 atom stereocenters. The average molecular weight is 424 g/mol. The number of rotatable bonds is 1. The first kappa shape index (κ1) is 21.4. The molecule has 1 aromatic carbocycles. The molecule has 0 aromatic heterocycles. The molecule has 2 aliphatic heterocycles. The number of fused-ring (bicyclic) bond motifs is 2. The number of methoxy groups -OCH3 is 1. The van der Waals surface area contributed by atoms with Crippen LogP contribution in [-0.2, 0) is 25.5 Å². The van der Waals surface area contributed by atoms with Crippen LogP contribution in [0, 0.1) is 5.92 Å². The lowest BCUT2D eigenvalue weighted by atomic mass is 9.78. The minimum Gasteiger partial charge on any atom is -0.508 e. The maximum absolute atomic E-state index is 13.5. The summed E-state index contributed by atoms with van der Waals surface area (Å²) in [6.07, 6.45) is 1.02. The van der Waals surface area contributed by atoms with E-state index in [2.05, 4.69) is 0 Å². The first-order valence-electron chi connectivity index (χ1n) is 9.38. The first-order valence-corrected chi connectivity index (χ1v) is 10.4. The number of hydrogen-bond acceptors (Lipinski definition) is 9. The third kappa shape index (κ3) is 4.06. The van der Waals surface area contributed by atoms with Crippen molar-refractivity contribution in [2.24, 2.45) is 5.92 Å². The molecule has 3 rings (SSSR count). The highest BCUT2D eigenvalue weighted by Crippen LogP contribution is 2.46. The molecule has 0 amide bonds. The lowest BCUT2D eigenvalue weighted by Crippen LogP contribution is -2.51. The van der Waals surface area contributed by atoms with E-state index < -0.39 is 35.0 Å². The Bertz CT molecular complexity index is 838. The molecule has 2 heterocycles. The van der Waals surface area contributed by atoms with Gasteiger partial charge in [0.05, 0.1) is 31.1 Å². The number of carbonyl (C=O) groups is 3. The normalized spacial score (nSPS) is 30.4. The largest absolute Gasteiger partial charge is 0.508 e. The van der Waals surface area contributed by atoms with Gasteiger partial charge in [-0.25, -0.2) is 4.79 Å². The van der Waals surface area contributed by atoms with Gasteiger partial charge in [-0.15, -0.1) is 0 Å². The highest BCUT2D eigenvalue weighted by atomic mass is 32.2. The number of aliphatic hydroxyl groups is 1. The Balaban J connectivity index is 2.14. The molecule has 0 saturated carbocycles. The summed E-state index contributed by atoms with van der Waals surface area (Å²) in [7, 11) is 1.14. The summed E-state index contributed by atoms with van der Waals surface area (Å²) in [5.74, 6) is -4.18. The summed E-state index contributed by atoms with van der Waals surface area (Å²) in [6.45, 7) is 1.76. The Morgan fingerprint density at radius 3 is 2.69 bits per heavy atom. The molecule has 1 fully saturated rings. The molecule has 2 aliphatic rings. The fraction of sp³-hybridized carbons (Fsp3) is 0.550. The number of Topliss-reactive ketones (excluding diaryl/α,β-unsaturated/α-hetero) is 1. The van der Waals surface area contributed by atoms with Crippen molar-refractivity contribution in [2.75, 3.05) is 12.9 Å². The number of phenols is 2. The summed E-state index contributed by atoms with van der Waals surface area (Å²) in [4.78, 5) is 38.1. The van der Waals surface area contributed by atoms with E-state index in [9.17, 15) is 29.7 Å². The zero-order chi connectivity index (χ0) is 21.3. The van der Waals surface area contributed by atoms with E-state index in [0.717, 1.165) is 13.2 Å². The lowest BCUT2D eigenvalue weighted by molar-refractivity contribution is -0.163. The zero-order valence-corrected chi connectivity index (χ0v) is 17.0. The Morgan fingerprint density at radius 1 is 1.28 bits per heavy atom. The van der Waals surface area contributed by atoms with E-state index in [-0.39, 0.29) is 40.4 Å². The van der Waals surface area contributed by atoms with E-state index in [1.807, 2.05) is 0 Å². The molecule has 3 N–H and O–H groups in total. The van der Waals surface area contributed by atoms with E-state index in [1.54, 1.807) is 6.92 Å². The number of aromatic hydroxyl groups is 2. The first-order chi connectivity index (χ1) is 13.7. The van der Waals surface area contributed by atoms with Crippen molar-refractivity contribution in [2.45, 2.75) is 49.6 Å². The number of hydrogen-bond donors (Lipinski definition) is 3. The molecule has 8 nitrogen and oxygen atoms in total. The van der Waals surface area contributed by atoms with E-state index in [4.69, 9.17) is 9.47 Å². The number of phenolic OH excluding ortho intramolecular Hbond substituents is 2. The van der Waals surface area contributed by atoms with Gasteiger partial charge < -0.3 is 24.8 Å². The zero-order valence-electron chi connectivity index (χ0n) is 16.2. The van der Waals surface area contributed by atoms with Crippen LogP contribution in [0.5, 0.6) is 11.5 Å². The number of benzene rings is 1. The molecule has 1 aromatic rings. The van der Waals surface area contributed by atoms with Crippen LogP contribution >= 0.6 is 11.8 Å². The van der Waals surface area contributed by atoms with Crippen molar-refractivity contribution in [3.05, 3.63) is 23.3 Å². The second-order valence-corrected chi connectivity index (χ2v) is 8.74. The second kappa shape index (κ2) is 8.23. The van der Waals surface area contributed by atoms with Gasteiger partial charge in [0.15, 0.2) is 11.4 Å². The average Bonchev–Trinajstić information content (AvgIpc) is 2.96. The molecule has 0 aliphatic carbocycles. The summed E-state index contributed by atoms with van der Waals surface area (Å²) < 4.78 is 10.1. The SMILES string of the molecule is COC(=O)[C@@]1(O)CS[C@H]2CCC[C@H](C)OC(=O)Cc3cc(O)cc(O)c3C(=O)[C@@H]21. The van der Waals surface area contributed by atoms with E-state index in [0.29, 0.717) is 19.3 Å². The molecule has 1 saturated heterocycles. The molecule has 0 unspecified atom stereocenters. The monoisotopic (exact) mass is 424 g/mol. The molecular formula is C20H24O8S. The van der Waals surface area contributed by atoms with Gasteiger partial charge in [0.2, 0.25) is 0 Å². The van der Waals surface area contributed by atoms with Crippen LogP contribution in [0.25, 0.3) is 0 Å². The third-order valence-corrected chi connectivity index (χ3v) is 6.96. The number of ether oxygens (including phenoxy) is 2. The van der Waals surface area contributed by atoms with Crippen LogP contribution in [0.4, 0.5) is 0 Å². The van der Waals surface area contributed by atoms with Gasteiger partial charge in [-0.05, 0) is 37.8 Å². The minimum atomic E-state index is -2.04. The highest BCUT2D eigenvalue weighted by molar-refractivity contribution is 8.00. The van der Waals surface area contributed by atoms with E-state index >= 15 is 0 Å². The summed E-state index contributed by atoms with van der Waals surface area (Å²) in [6, 6.07) is 2.20.